The highest BCUT2D eigenvalue weighted by Gasteiger charge is 2.17. The molecule has 4 heteroatoms. The Balaban J connectivity index is 2.44. The molecule has 0 radical (unpaired) electrons. The molecule has 0 saturated carbocycles. The fourth-order valence-corrected chi connectivity index (χ4v) is 2.39. The maximum Gasteiger partial charge on any atom is 0.141 e. The van der Waals surface area contributed by atoms with Crippen LogP contribution in [0, 0.1) is 5.82 Å². The highest BCUT2D eigenvalue weighted by molar-refractivity contribution is 6.30. The average Bonchev–Trinajstić information content (AvgIpc) is 2.45. The van der Waals surface area contributed by atoms with Crippen LogP contribution in [0.1, 0.15) is 24.1 Å². The van der Waals surface area contributed by atoms with E-state index in [4.69, 9.17) is 16.3 Å². The summed E-state index contributed by atoms with van der Waals surface area (Å²) in [4.78, 5) is 0. The lowest BCUT2D eigenvalue weighted by Gasteiger charge is -2.20. The zero-order chi connectivity index (χ0) is 14.5. The van der Waals surface area contributed by atoms with E-state index < -0.39 is 5.82 Å². The molecule has 0 aliphatic carbocycles. The van der Waals surface area contributed by atoms with E-state index in [0.29, 0.717) is 6.61 Å². The Morgan fingerprint density at radius 2 is 2.00 bits per heavy atom. The van der Waals surface area contributed by atoms with Crippen molar-refractivity contribution in [3.05, 3.63) is 64.4 Å². The number of hydrogen-bond donors (Lipinski definition) is 1. The van der Waals surface area contributed by atoms with Gasteiger partial charge in [-0.2, -0.15) is 0 Å². The van der Waals surface area contributed by atoms with E-state index >= 15 is 0 Å². The second-order valence-electron chi connectivity index (χ2n) is 4.37. The lowest BCUT2D eigenvalue weighted by molar-refractivity contribution is 0.334. The molecule has 0 bridgehead atoms. The van der Waals surface area contributed by atoms with Gasteiger partial charge < -0.3 is 10.1 Å². The van der Waals surface area contributed by atoms with Crippen LogP contribution in [0.25, 0.3) is 0 Å². The molecule has 0 spiro atoms. The van der Waals surface area contributed by atoms with E-state index in [1.54, 1.807) is 12.1 Å². The van der Waals surface area contributed by atoms with Gasteiger partial charge in [0, 0.05) is 5.56 Å². The number of hydrogen-bond acceptors (Lipinski definition) is 2. The van der Waals surface area contributed by atoms with E-state index in [9.17, 15) is 4.39 Å². The molecule has 2 aromatic carbocycles. The van der Waals surface area contributed by atoms with Crippen molar-refractivity contribution in [3.63, 3.8) is 0 Å². The maximum atomic E-state index is 13.3. The van der Waals surface area contributed by atoms with Crippen molar-refractivity contribution >= 4 is 11.6 Å². The minimum Gasteiger partial charge on any atom is -0.494 e. The van der Waals surface area contributed by atoms with Gasteiger partial charge in [-0.05, 0) is 37.7 Å². The van der Waals surface area contributed by atoms with Crippen LogP contribution in [0.15, 0.2) is 42.5 Å². The molecule has 0 aromatic heterocycles. The summed E-state index contributed by atoms with van der Waals surface area (Å²) in [5, 5.41) is 3.34. The second-order valence-corrected chi connectivity index (χ2v) is 4.77. The molecule has 0 saturated heterocycles. The van der Waals surface area contributed by atoms with Crippen molar-refractivity contribution in [1.29, 1.82) is 0 Å². The van der Waals surface area contributed by atoms with Gasteiger partial charge in [-0.1, -0.05) is 35.9 Å². The van der Waals surface area contributed by atoms with E-state index in [-0.39, 0.29) is 11.1 Å². The molecule has 2 rings (SSSR count). The molecular weight excluding hydrogens is 277 g/mol. The number of para-hydroxylation sites is 1. The molecule has 0 heterocycles. The second kappa shape index (κ2) is 6.73. The number of halogens is 2. The first-order chi connectivity index (χ1) is 9.67. The lowest BCUT2D eigenvalue weighted by Crippen LogP contribution is -2.18. The summed E-state index contributed by atoms with van der Waals surface area (Å²) >= 11 is 5.87. The van der Waals surface area contributed by atoms with Crippen LogP contribution in [-0.2, 0) is 0 Å². The zero-order valence-electron chi connectivity index (χ0n) is 11.5. The summed E-state index contributed by atoms with van der Waals surface area (Å²) < 4.78 is 18.9. The SMILES string of the molecule is CCOc1ccccc1C(NC)c1ccc(F)c(Cl)c1. The Hall–Kier alpha value is -1.58. The fourth-order valence-electron chi connectivity index (χ4n) is 2.20. The molecule has 0 aliphatic rings. The van der Waals surface area contributed by atoms with Crippen LogP contribution in [0.2, 0.25) is 5.02 Å². The Kier molecular flexibility index (Phi) is 4.99. The summed E-state index contributed by atoms with van der Waals surface area (Å²) in [6.07, 6.45) is 0. The van der Waals surface area contributed by atoms with Crippen molar-refractivity contribution < 1.29 is 9.13 Å². The first-order valence-corrected chi connectivity index (χ1v) is 6.89. The summed E-state index contributed by atoms with van der Waals surface area (Å²) in [6, 6.07) is 12.4. The monoisotopic (exact) mass is 293 g/mol. The molecular formula is C16H17ClFNO. The van der Waals surface area contributed by atoms with Gasteiger partial charge >= 0.3 is 0 Å². The van der Waals surface area contributed by atoms with Crippen LogP contribution in [0.5, 0.6) is 5.75 Å². The summed E-state index contributed by atoms with van der Waals surface area (Å²) in [5.74, 6) is 0.401. The van der Waals surface area contributed by atoms with Crippen LogP contribution in [0.4, 0.5) is 4.39 Å². The standard InChI is InChI=1S/C16H17ClFNO/c1-3-20-15-7-5-4-6-12(15)16(19-2)11-8-9-14(18)13(17)10-11/h4-10,16,19H,3H2,1-2H3. The van der Waals surface area contributed by atoms with Crippen molar-refractivity contribution in [1.82, 2.24) is 5.32 Å². The van der Waals surface area contributed by atoms with Crippen molar-refractivity contribution in [2.45, 2.75) is 13.0 Å². The summed E-state index contributed by atoms with van der Waals surface area (Å²) in [7, 11) is 1.85. The smallest absolute Gasteiger partial charge is 0.141 e. The van der Waals surface area contributed by atoms with Gasteiger partial charge in [-0.3, -0.25) is 0 Å². The van der Waals surface area contributed by atoms with Gasteiger partial charge in [0.15, 0.2) is 0 Å². The Morgan fingerprint density at radius 1 is 1.25 bits per heavy atom. The van der Waals surface area contributed by atoms with E-state index in [2.05, 4.69) is 5.32 Å². The first-order valence-electron chi connectivity index (χ1n) is 6.51. The molecule has 2 nitrogen and oxygen atoms in total. The molecule has 1 N–H and O–H groups in total. The van der Waals surface area contributed by atoms with E-state index in [1.165, 1.54) is 6.07 Å². The van der Waals surface area contributed by atoms with Gasteiger partial charge in [-0.25, -0.2) is 4.39 Å². The van der Waals surface area contributed by atoms with Crippen LogP contribution >= 0.6 is 11.6 Å². The molecule has 2 aromatic rings. The third kappa shape index (κ3) is 3.11. The van der Waals surface area contributed by atoms with Gasteiger partial charge in [0.1, 0.15) is 11.6 Å². The molecule has 0 fully saturated rings. The van der Waals surface area contributed by atoms with Crippen molar-refractivity contribution in [3.8, 4) is 5.75 Å². The number of benzene rings is 2. The molecule has 1 atom stereocenters. The van der Waals surface area contributed by atoms with Gasteiger partial charge in [0.2, 0.25) is 0 Å². The van der Waals surface area contributed by atoms with Crippen LogP contribution in [0.3, 0.4) is 0 Å². The number of nitrogens with one attached hydrogen (secondary N) is 1. The molecule has 0 aliphatic heterocycles. The largest absolute Gasteiger partial charge is 0.494 e. The van der Waals surface area contributed by atoms with Crippen molar-refractivity contribution in [2.75, 3.05) is 13.7 Å². The lowest BCUT2D eigenvalue weighted by atomic mass is 9.98. The highest BCUT2D eigenvalue weighted by Crippen LogP contribution is 2.31. The molecule has 106 valence electrons. The van der Waals surface area contributed by atoms with Crippen LogP contribution < -0.4 is 10.1 Å². The van der Waals surface area contributed by atoms with E-state index in [0.717, 1.165) is 16.9 Å². The Bertz CT molecular complexity index is 588. The van der Waals surface area contributed by atoms with Gasteiger partial charge in [-0.15, -0.1) is 0 Å². The summed E-state index contributed by atoms with van der Waals surface area (Å²) in [5.41, 5.74) is 1.89. The minimum absolute atomic E-state index is 0.101. The number of rotatable bonds is 5. The molecule has 1 unspecified atom stereocenters. The molecule has 20 heavy (non-hydrogen) atoms. The predicted octanol–water partition coefficient (Wildman–Crippen LogP) is 4.19. The van der Waals surface area contributed by atoms with Crippen LogP contribution in [-0.4, -0.2) is 13.7 Å². The minimum atomic E-state index is -0.414. The Labute approximate surface area is 123 Å². The normalized spacial score (nSPS) is 12.2. The third-order valence-electron chi connectivity index (χ3n) is 3.10. The third-order valence-corrected chi connectivity index (χ3v) is 3.39. The highest BCUT2D eigenvalue weighted by atomic mass is 35.5. The molecule has 0 amide bonds. The quantitative estimate of drug-likeness (QED) is 0.892. The predicted molar refractivity (Wildman–Crippen MR) is 79.9 cm³/mol. The maximum absolute atomic E-state index is 13.3. The average molecular weight is 294 g/mol. The summed E-state index contributed by atoms with van der Waals surface area (Å²) in [6.45, 7) is 2.54. The zero-order valence-corrected chi connectivity index (χ0v) is 12.2. The number of ether oxygens (including phenoxy) is 1. The topological polar surface area (TPSA) is 21.3 Å². The fraction of sp³-hybridized carbons (Fsp3) is 0.250. The Morgan fingerprint density at radius 3 is 2.65 bits per heavy atom. The van der Waals surface area contributed by atoms with Gasteiger partial charge in [0.05, 0.1) is 17.7 Å². The van der Waals surface area contributed by atoms with Gasteiger partial charge in [0.25, 0.3) is 0 Å². The van der Waals surface area contributed by atoms with E-state index in [1.807, 2.05) is 38.2 Å². The van der Waals surface area contributed by atoms with Crippen molar-refractivity contribution in [2.24, 2.45) is 0 Å². The first kappa shape index (κ1) is 14.8.